The third-order valence-corrected chi connectivity index (χ3v) is 2.61. The summed E-state index contributed by atoms with van der Waals surface area (Å²) in [4.78, 5) is 6.30. The highest BCUT2D eigenvalue weighted by atomic mass is 15.2. The van der Waals surface area contributed by atoms with Crippen molar-refractivity contribution in [2.75, 3.05) is 23.9 Å². The first-order valence-electron chi connectivity index (χ1n) is 5.31. The van der Waals surface area contributed by atoms with Crippen LogP contribution in [-0.4, -0.2) is 18.6 Å². The van der Waals surface area contributed by atoms with E-state index in [4.69, 9.17) is 5.84 Å². The summed E-state index contributed by atoms with van der Waals surface area (Å²) < 4.78 is 0. The molecule has 84 valence electrons. The molecule has 0 bridgehead atoms. The molecule has 0 amide bonds. The number of rotatable bonds is 5. The molecule has 1 unspecified atom stereocenters. The molecule has 0 radical (unpaired) electrons. The molecule has 0 saturated heterocycles. The highest BCUT2D eigenvalue weighted by Crippen LogP contribution is 2.17. The third kappa shape index (κ3) is 3.40. The number of hydrazine groups is 1. The number of hydrogen-bond donors (Lipinski definition) is 2. The first-order valence-corrected chi connectivity index (χ1v) is 5.31. The van der Waals surface area contributed by atoms with E-state index in [1.165, 1.54) is 6.42 Å². The van der Waals surface area contributed by atoms with Crippen LogP contribution in [0.5, 0.6) is 0 Å². The van der Waals surface area contributed by atoms with E-state index in [0.29, 0.717) is 11.7 Å². The van der Waals surface area contributed by atoms with E-state index in [1.807, 2.05) is 12.1 Å². The number of anilines is 2. The molecular weight excluding hydrogens is 188 g/mol. The zero-order valence-electron chi connectivity index (χ0n) is 9.70. The van der Waals surface area contributed by atoms with Crippen molar-refractivity contribution in [3.63, 3.8) is 0 Å². The monoisotopic (exact) mass is 208 g/mol. The summed E-state index contributed by atoms with van der Waals surface area (Å²) in [5, 5.41) is 0. The zero-order valence-corrected chi connectivity index (χ0v) is 9.70. The maximum Gasteiger partial charge on any atom is 0.141 e. The lowest BCUT2D eigenvalue weighted by Gasteiger charge is -2.22. The van der Waals surface area contributed by atoms with Gasteiger partial charge in [0, 0.05) is 31.5 Å². The van der Waals surface area contributed by atoms with Gasteiger partial charge in [0.05, 0.1) is 0 Å². The summed E-state index contributed by atoms with van der Waals surface area (Å²) in [6.07, 6.45) is 2.95. The molecule has 0 aromatic carbocycles. The summed E-state index contributed by atoms with van der Waals surface area (Å²) in [5.41, 5.74) is 3.69. The van der Waals surface area contributed by atoms with Crippen molar-refractivity contribution < 1.29 is 0 Å². The molecule has 1 aromatic rings. The third-order valence-electron chi connectivity index (χ3n) is 2.61. The van der Waals surface area contributed by atoms with Crippen molar-refractivity contribution in [3.8, 4) is 0 Å². The molecule has 4 nitrogen and oxygen atoms in total. The fourth-order valence-corrected chi connectivity index (χ4v) is 1.44. The molecule has 0 aliphatic carbocycles. The minimum absolute atomic E-state index is 0.692. The molecule has 1 aromatic heterocycles. The molecule has 4 heteroatoms. The summed E-state index contributed by atoms with van der Waals surface area (Å²) >= 11 is 0. The Morgan fingerprint density at radius 2 is 2.33 bits per heavy atom. The number of aromatic nitrogens is 1. The maximum absolute atomic E-state index is 5.32. The lowest BCUT2D eigenvalue weighted by molar-refractivity contribution is 0.560. The summed E-state index contributed by atoms with van der Waals surface area (Å²) in [5.74, 6) is 6.71. The van der Waals surface area contributed by atoms with Crippen molar-refractivity contribution >= 4 is 11.5 Å². The number of nitrogens with two attached hydrogens (primary N) is 1. The molecule has 0 spiro atoms. The number of hydrogen-bond acceptors (Lipinski definition) is 4. The van der Waals surface area contributed by atoms with Gasteiger partial charge in [-0.1, -0.05) is 20.3 Å². The average molecular weight is 208 g/mol. The Morgan fingerprint density at radius 3 is 2.93 bits per heavy atom. The smallest absolute Gasteiger partial charge is 0.141 e. The minimum atomic E-state index is 0.692. The van der Waals surface area contributed by atoms with Gasteiger partial charge in [-0.15, -0.1) is 0 Å². The second-order valence-electron chi connectivity index (χ2n) is 3.94. The molecule has 1 rings (SSSR count). The van der Waals surface area contributed by atoms with Crippen LogP contribution in [0.25, 0.3) is 0 Å². The Morgan fingerprint density at radius 1 is 1.60 bits per heavy atom. The highest BCUT2D eigenvalue weighted by molar-refractivity contribution is 5.52. The maximum atomic E-state index is 5.32. The van der Waals surface area contributed by atoms with Gasteiger partial charge in [0.1, 0.15) is 5.82 Å². The second kappa shape index (κ2) is 5.56. The normalized spacial score (nSPS) is 12.3. The lowest BCUT2D eigenvalue weighted by atomic mass is 10.1. The highest BCUT2D eigenvalue weighted by Gasteiger charge is 2.06. The van der Waals surface area contributed by atoms with Gasteiger partial charge in [-0.3, -0.25) is 0 Å². The molecule has 15 heavy (non-hydrogen) atoms. The van der Waals surface area contributed by atoms with E-state index in [9.17, 15) is 0 Å². The van der Waals surface area contributed by atoms with Gasteiger partial charge in [0.15, 0.2) is 0 Å². The van der Waals surface area contributed by atoms with Crippen LogP contribution in [0, 0.1) is 5.92 Å². The number of pyridine rings is 1. The van der Waals surface area contributed by atoms with E-state index >= 15 is 0 Å². The van der Waals surface area contributed by atoms with E-state index in [0.717, 1.165) is 12.2 Å². The molecule has 0 saturated carbocycles. The Kier molecular flexibility index (Phi) is 4.37. The van der Waals surface area contributed by atoms with Crippen molar-refractivity contribution in [1.29, 1.82) is 0 Å². The average Bonchev–Trinajstić information content (AvgIpc) is 2.28. The second-order valence-corrected chi connectivity index (χ2v) is 3.94. The molecule has 0 aliphatic heterocycles. The van der Waals surface area contributed by atoms with Gasteiger partial charge in [-0.2, -0.15) is 0 Å². The van der Waals surface area contributed by atoms with Crippen LogP contribution in [0.4, 0.5) is 11.5 Å². The van der Waals surface area contributed by atoms with E-state index in [2.05, 4.69) is 36.2 Å². The first kappa shape index (κ1) is 11.8. The summed E-state index contributed by atoms with van der Waals surface area (Å²) in [6.45, 7) is 5.50. The number of nitrogens with zero attached hydrogens (tertiary/aromatic N) is 2. The lowest BCUT2D eigenvalue weighted by Crippen LogP contribution is -2.23. The molecule has 1 atom stereocenters. The predicted molar refractivity (Wildman–Crippen MR) is 64.8 cm³/mol. The summed E-state index contributed by atoms with van der Waals surface area (Å²) in [7, 11) is 2.09. The van der Waals surface area contributed by atoms with Gasteiger partial charge < -0.3 is 10.3 Å². The SMILES string of the molecule is CCC(C)CN(C)c1ccnc(NN)c1. The van der Waals surface area contributed by atoms with Crippen LogP contribution in [0.15, 0.2) is 18.3 Å². The fourth-order valence-electron chi connectivity index (χ4n) is 1.44. The zero-order chi connectivity index (χ0) is 11.3. The Balaban J connectivity index is 2.68. The molecular formula is C11H20N4. The molecule has 0 fully saturated rings. The first-order chi connectivity index (χ1) is 7.17. The summed E-state index contributed by atoms with van der Waals surface area (Å²) in [6, 6.07) is 3.94. The van der Waals surface area contributed by atoms with Gasteiger partial charge >= 0.3 is 0 Å². The van der Waals surface area contributed by atoms with E-state index < -0.39 is 0 Å². The van der Waals surface area contributed by atoms with Gasteiger partial charge in [0.25, 0.3) is 0 Å². The van der Waals surface area contributed by atoms with Crippen LogP contribution in [-0.2, 0) is 0 Å². The molecule has 1 heterocycles. The Hall–Kier alpha value is -1.29. The van der Waals surface area contributed by atoms with Crippen LogP contribution in [0.2, 0.25) is 0 Å². The van der Waals surface area contributed by atoms with Crippen molar-refractivity contribution in [3.05, 3.63) is 18.3 Å². The number of nitrogen functional groups attached to an aromatic ring is 1. The predicted octanol–water partition coefficient (Wildman–Crippen LogP) is 1.85. The Labute approximate surface area is 91.5 Å². The molecule has 3 N–H and O–H groups in total. The van der Waals surface area contributed by atoms with Crippen LogP contribution >= 0.6 is 0 Å². The van der Waals surface area contributed by atoms with Crippen molar-refractivity contribution in [1.82, 2.24) is 4.98 Å². The molecule has 0 aliphatic rings. The van der Waals surface area contributed by atoms with Crippen LogP contribution < -0.4 is 16.2 Å². The van der Waals surface area contributed by atoms with Gasteiger partial charge in [-0.25, -0.2) is 10.8 Å². The van der Waals surface area contributed by atoms with Crippen LogP contribution in [0.1, 0.15) is 20.3 Å². The fraction of sp³-hybridized carbons (Fsp3) is 0.545. The van der Waals surface area contributed by atoms with Crippen LogP contribution in [0.3, 0.4) is 0 Å². The van der Waals surface area contributed by atoms with Crippen molar-refractivity contribution in [2.45, 2.75) is 20.3 Å². The minimum Gasteiger partial charge on any atom is -0.374 e. The quantitative estimate of drug-likeness (QED) is 0.573. The van der Waals surface area contributed by atoms with E-state index in [1.54, 1.807) is 6.20 Å². The standard InChI is InChI=1S/C11H20N4/c1-4-9(2)8-15(3)10-5-6-13-11(7-10)14-12/h5-7,9H,4,8,12H2,1-3H3,(H,13,14). The Bertz CT molecular complexity index is 300. The number of nitrogens with one attached hydrogen (secondary N) is 1. The van der Waals surface area contributed by atoms with E-state index in [-0.39, 0.29) is 0 Å². The van der Waals surface area contributed by atoms with Crippen molar-refractivity contribution in [2.24, 2.45) is 11.8 Å². The topological polar surface area (TPSA) is 54.2 Å². The largest absolute Gasteiger partial charge is 0.374 e. The van der Waals surface area contributed by atoms with Gasteiger partial charge in [-0.05, 0) is 12.0 Å². The van der Waals surface area contributed by atoms with Gasteiger partial charge in [0.2, 0.25) is 0 Å².